The standard InChI is InChI=1S/C11H23N.C11H22S.C8H17N/c2*1-11(2,3)12-9-10-7-5-4-6-8-10;1-8(2,3)9-6-7-4-5-7/h10,12H,4-9H2,1-3H3;10H,4-9H2,1-3H3;7,9H,4-6H2,1-3H3. The van der Waals surface area contributed by atoms with Gasteiger partial charge in [0.2, 0.25) is 0 Å². The fourth-order valence-corrected chi connectivity index (χ4v) is 5.40. The van der Waals surface area contributed by atoms with Crippen LogP contribution in [0.1, 0.15) is 139 Å². The van der Waals surface area contributed by atoms with E-state index in [1.54, 1.807) is 0 Å². The van der Waals surface area contributed by atoms with E-state index in [9.17, 15) is 0 Å². The van der Waals surface area contributed by atoms with Gasteiger partial charge in [-0.25, -0.2) is 0 Å². The summed E-state index contributed by atoms with van der Waals surface area (Å²) in [6.07, 6.45) is 17.6. The Morgan fingerprint density at radius 1 is 0.515 bits per heavy atom. The minimum atomic E-state index is 0.303. The molecular weight excluding hydrogens is 420 g/mol. The lowest BCUT2D eigenvalue weighted by Gasteiger charge is -2.27. The third-order valence-corrected chi connectivity index (χ3v) is 8.24. The van der Waals surface area contributed by atoms with Crippen molar-refractivity contribution in [2.45, 2.75) is 155 Å². The molecule has 3 rings (SSSR count). The summed E-state index contributed by atoms with van der Waals surface area (Å²) in [6, 6.07) is 0. The summed E-state index contributed by atoms with van der Waals surface area (Å²) in [5, 5.41) is 7.08. The molecule has 0 radical (unpaired) electrons. The quantitative estimate of drug-likeness (QED) is 0.395. The second-order valence-electron chi connectivity index (χ2n) is 14.1. The summed E-state index contributed by atoms with van der Waals surface area (Å²) in [7, 11) is 0. The maximum atomic E-state index is 3.59. The van der Waals surface area contributed by atoms with Gasteiger partial charge in [-0.05, 0) is 117 Å². The van der Waals surface area contributed by atoms with E-state index in [2.05, 4.69) is 84.7 Å². The second-order valence-corrected chi connectivity index (χ2v) is 16.0. The van der Waals surface area contributed by atoms with Gasteiger partial charge in [-0.2, -0.15) is 11.8 Å². The Balaban J connectivity index is 0.000000250. The fourth-order valence-electron chi connectivity index (χ4n) is 4.34. The first-order chi connectivity index (χ1) is 15.2. The highest BCUT2D eigenvalue weighted by molar-refractivity contribution is 8.00. The molecule has 0 bridgehead atoms. The molecule has 0 heterocycles. The Bertz CT molecular complexity index is 435. The zero-order valence-corrected chi connectivity index (χ0v) is 25.1. The first-order valence-corrected chi connectivity index (χ1v) is 15.4. The van der Waals surface area contributed by atoms with E-state index < -0.39 is 0 Å². The molecule has 3 fully saturated rings. The van der Waals surface area contributed by atoms with Crippen molar-refractivity contribution in [3.05, 3.63) is 0 Å². The van der Waals surface area contributed by atoms with Crippen LogP contribution >= 0.6 is 11.8 Å². The maximum Gasteiger partial charge on any atom is 0.00966 e. The zero-order valence-electron chi connectivity index (χ0n) is 24.2. The Morgan fingerprint density at radius 2 is 0.879 bits per heavy atom. The molecule has 3 aliphatic rings. The van der Waals surface area contributed by atoms with Crippen molar-refractivity contribution >= 4 is 11.8 Å². The van der Waals surface area contributed by atoms with Crippen LogP contribution in [0.15, 0.2) is 0 Å². The van der Waals surface area contributed by atoms with Gasteiger partial charge in [0, 0.05) is 15.8 Å². The lowest BCUT2D eigenvalue weighted by Crippen LogP contribution is -2.39. The maximum absolute atomic E-state index is 3.59. The number of rotatable bonds is 6. The van der Waals surface area contributed by atoms with Gasteiger partial charge >= 0.3 is 0 Å². The van der Waals surface area contributed by atoms with Crippen LogP contribution in [0.2, 0.25) is 0 Å². The SMILES string of the molecule is CC(C)(C)NCC1CC1.CC(C)(C)NCC1CCCCC1.CC(C)(C)SCC1CCCCC1. The summed E-state index contributed by atoms with van der Waals surface area (Å²) >= 11 is 2.14. The molecule has 2 N–H and O–H groups in total. The van der Waals surface area contributed by atoms with Crippen LogP contribution in [0.4, 0.5) is 0 Å². The van der Waals surface area contributed by atoms with Gasteiger partial charge in [0.05, 0.1) is 0 Å². The predicted molar refractivity (Wildman–Crippen MR) is 154 cm³/mol. The highest BCUT2D eigenvalue weighted by Gasteiger charge is 2.22. The highest BCUT2D eigenvalue weighted by Crippen LogP contribution is 2.32. The van der Waals surface area contributed by atoms with Crippen molar-refractivity contribution in [3.63, 3.8) is 0 Å². The molecule has 0 aliphatic heterocycles. The summed E-state index contributed by atoms with van der Waals surface area (Å²) in [5.74, 6) is 4.38. The van der Waals surface area contributed by atoms with Crippen LogP contribution in [0.3, 0.4) is 0 Å². The fraction of sp³-hybridized carbons (Fsp3) is 1.00. The van der Waals surface area contributed by atoms with Gasteiger partial charge in [-0.3, -0.25) is 0 Å². The van der Waals surface area contributed by atoms with Gasteiger partial charge in [0.1, 0.15) is 0 Å². The summed E-state index contributed by atoms with van der Waals surface area (Å²) in [5.41, 5.74) is 0.625. The summed E-state index contributed by atoms with van der Waals surface area (Å²) in [4.78, 5) is 0. The molecule has 3 saturated carbocycles. The Kier molecular flexibility index (Phi) is 14.6. The second kappa shape index (κ2) is 15.4. The van der Waals surface area contributed by atoms with Gasteiger partial charge in [-0.1, -0.05) is 59.3 Å². The largest absolute Gasteiger partial charge is 0.312 e. The Labute approximate surface area is 214 Å². The topological polar surface area (TPSA) is 24.1 Å². The first kappa shape index (κ1) is 31.3. The zero-order chi connectivity index (χ0) is 25.0. The van der Waals surface area contributed by atoms with Crippen LogP contribution in [-0.4, -0.2) is 34.7 Å². The van der Waals surface area contributed by atoms with Crippen molar-refractivity contribution in [1.82, 2.24) is 10.6 Å². The van der Waals surface area contributed by atoms with E-state index in [-0.39, 0.29) is 0 Å². The molecule has 0 aromatic rings. The lowest BCUT2D eigenvalue weighted by atomic mass is 9.89. The van der Waals surface area contributed by atoms with E-state index in [1.807, 2.05) is 0 Å². The monoisotopic (exact) mass is 482 g/mol. The minimum Gasteiger partial charge on any atom is -0.312 e. The molecule has 0 spiro atoms. The molecule has 0 aromatic heterocycles. The summed E-state index contributed by atoms with van der Waals surface area (Å²) in [6.45, 7) is 22.8. The van der Waals surface area contributed by atoms with Crippen LogP contribution < -0.4 is 10.6 Å². The van der Waals surface area contributed by atoms with E-state index in [4.69, 9.17) is 0 Å². The number of hydrogen-bond donors (Lipinski definition) is 2. The molecule has 0 saturated heterocycles. The van der Waals surface area contributed by atoms with E-state index in [0.29, 0.717) is 15.8 Å². The normalized spacial score (nSPS) is 21.0. The van der Waals surface area contributed by atoms with Crippen LogP contribution in [0.5, 0.6) is 0 Å². The predicted octanol–water partition coefficient (Wildman–Crippen LogP) is 8.84. The molecule has 2 nitrogen and oxygen atoms in total. The van der Waals surface area contributed by atoms with E-state index in [0.717, 1.165) is 17.8 Å². The average Bonchev–Trinajstić information content (AvgIpc) is 3.55. The molecule has 0 atom stereocenters. The Hall–Kier alpha value is 0.270. The van der Waals surface area contributed by atoms with Gasteiger partial charge in [0.15, 0.2) is 0 Å². The van der Waals surface area contributed by atoms with Gasteiger partial charge < -0.3 is 10.6 Å². The molecular formula is C30H62N2S. The van der Waals surface area contributed by atoms with Crippen LogP contribution in [-0.2, 0) is 0 Å². The van der Waals surface area contributed by atoms with Crippen molar-refractivity contribution in [3.8, 4) is 0 Å². The molecule has 198 valence electrons. The molecule has 0 unspecified atom stereocenters. The molecule has 33 heavy (non-hydrogen) atoms. The number of hydrogen-bond acceptors (Lipinski definition) is 3. The van der Waals surface area contributed by atoms with Gasteiger partial charge in [0.25, 0.3) is 0 Å². The highest BCUT2D eigenvalue weighted by atomic mass is 32.2. The van der Waals surface area contributed by atoms with E-state index in [1.165, 1.54) is 95.9 Å². The van der Waals surface area contributed by atoms with Crippen LogP contribution in [0.25, 0.3) is 0 Å². The lowest BCUT2D eigenvalue weighted by molar-refractivity contribution is 0.304. The third-order valence-electron chi connectivity index (χ3n) is 6.74. The molecule has 0 amide bonds. The summed E-state index contributed by atoms with van der Waals surface area (Å²) < 4.78 is 0.470. The minimum absolute atomic E-state index is 0.303. The van der Waals surface area contributed by atoms with Crippen molar-refractivity contribution in [1.29, 1.82) is 0 Å². The average molecular weight is 483 g/mol. The molecule has 3 aliphatic carbocycles. The van der Waals surface area contributed by atoms with E-state index >= 15 is 0 Å². The first-order valence-electron chi connectivity index (χ1n) is 14.4. The van der Waals surface area contributed by atoms with Crippen LogP contribution in [0, 0.1) is 17.8 Å². The number of nitrogens with one attached hydrogen (secondary N) is 2. The number of thioether (sulfide) groups is 1. The smallest absolute Gasteiger partial charge is 0.00966 e. The van der Waals surface area contributed by atoms with Crippen molar-refractivity contribution < 1.29 is 0 Å². The molecule has 3 heteroatoms. The molecule has 0 aromatic carbocycles. The van der Waals surface area contributed by atoms with Gasteiger partial charge in [-0.15, -0.1) is 0 Å². The Morgan fingerprint density at radius 3 is 1.21 bits per heavy atom. The van der Waals surface area contributed by atoms with Crippen molar-refractivity contribution in [2.24, 2.45) is 17.8 Å². The van der Waals surface area contributed by atoms with Crippen molar-refractivity contribution in [2.75, 3.05) is 18.8 Å². The third kappa shape index (κ3) is 21.3.